The molecule has 1 N–H and O–H groups in total. The minimum atomic E-state index is -0.641. The van der Waals surface area contributed by atoms with Gasteiger partial charge in [0.1, 0.15) is 0 Å². The molecule has 0 saturated carbocycles. The number of carbonyl (C=O) groups excluding carboxylic acids is 2. The number of esters is 2. The largest absolute Gasteiger partial charge is 0.466 e. The summed E-state index contributed by atoms with van der Waals surface area (Å²) in [7, 11) is 2.10. The Kier molecular flexibility index (Phi) is 30.4. The summed E-state index contributed by atoms with van der Waals surface area (Å²) in [5.41, 5.74) is -0.641. The van der Waals surface area contributed by atoms with Crippen LogP contribution in [0, 0.1) is 5.92 Å². The first kappa shape index (κ1) is 46.8. The molecule has 0 bridgehead atoms. The minimum Gasteiger partial charge on any atom is -0.466 e. The summed E-state index contributed by atoms with van der Waals surface area (Å²) in [6.45, 7) is 10.3. The minimum absolute atomic E-state index is 0.0225. The SMILES string of the molecule is CCCCCCCCC(CC(=O)OCCCCCCC(O)(CCCCCCC)CCCCOC(=O)C1CCN(C)CC1)OCCCCCCC. The Hall–Kier alpha value is -1.18. The molecule has 7 nitrogen and oxygen atoms in total. The topological polar surface area (TPSA) is 85.3 Å². The fraction of sp³-hybridized carbons (Fsp3) is 0.953. The van der Waals surface area contributed by atoms with Gasteiger partial charge in [-0.2, -0.15) is 0 Å². The number of piperidine rings is 1. The molecular formula is C43H83NO6. The molecule has 1 fully saturated rings. The lowest BCUT2D eigenvalue weighted by Crippen LogP contribution is -2.34. The summed E-state index contributed by atoms with van der Waals surface area (Å²) in [5, 5.41) is 11.6. The van der Waals surface area contributed by atoms with Crippen molar-refractivity contribution in [1.82, 2.24) is 4.90 Å². The molecule has 1 heterocycles. The van der Waals surface area contributed by atoms with Gasteiger partial charge in [-0.25, -0.2) is 0 Å². The highest BCUT2D eigenvalue weighted by Crippen LogP contribution is 2.29. The highest BCUT2D eigenvalue weighted by atomic mass is 16.5. The van der Waals surface area contributed by atoms with Crippen LogP contribution in [0.1, 0.15) is 207 Å². The van der Waals surface area contributed by atoms with Crippen molar-refractivity contribution in [2.75, 3.05) is 40.0 Å². The third-order valence-corrected chi connectivity index (χ3v) is 10.8. The predicted octanol–water partition coefficient (Wildman–Crippen LogP) is 11.1. The van der Waals surface area contributed by atoms with E-state index in [2.05, 4.69) is 32.7 Å². The van der Waals surface area contributed by atoms with Crippen LogP contribution in [0.5, 0.6) is 0 Å². The highest BCUT2D eigenvalue weighted by Gasteiger charge is 2.27. The maximum Gasteiger partial charge on any atom is 0.309 e. The van der Waals surface area contributed by atoms with Crippen molar-refractivity contribution in [3.05, 3.63) is 0 Å². The van der Waals surface area contributed by atoms with Gasteiger partial charge in [-0.15, -0.1) is 0 Å². The molecule has 0 radical (unpaired) electrons. The number of unbranched alkanes of at least 4 members (excludes halogenated alkanes) is 17. The summed E-state index contributed by atoms with van der Waals surface area (Å²) in [4.78, 5) is 27.4. The van der Waals surface area contributed by atoms with E-state index in [1.54, 1.807) is 0 Å². The van der Waals surface area contributed by atoms with Crippen molar-refractivity contribution in [2.45, 2.75) is 219 Å². The summed E-state index contributed by atoms with van der Waals surface area (Å²) in [5.74, 6) is -0.114. The second-order valence-electron chi connectivity index (χ2n) is 15.6. The first-order valence-electron chi connectivity index (χ1n) is 21.7. The van der Waals surface area contributed by atoms with Gasteiger partial charge >= 0.3 is 11.9 Å². The third-order valence-electron chi connectivity index (χ3n) is 10.8. The number of carbonyl (C=O) groups is 2. The van der Waals surface area contributed by atoms with Gasteiger partial charge in [-0.05, 0) is 84.3 Å². The molecule has 1 aliphatic heterocycles. The zero-order valence-electron chi connectivity index (χ0n) is 33.6. The molecule has 0 aromatic carbocycles. The second kappa shape index (κ2) is 32.5. The Bertz CT molecular complexity index is 769. The summed E-state index contributed by atoms with van der Waals surface area (Å²) < 4.78 is 17.5. The molecule has 50 heavy (non-hydrogen) atoms. The Morgan fingerprint density at radius 3 is 1.64 bits per heavy atom. The predicted molar refractivity (Wildman–Crippen MR) is 209 cm³/mol. The van der Waals surface area contributed by atoms with E-state index in [1.165, 1.54) is 83.5 Å². The molecule has 2 unspecified atom stereocenters. The van der Waals surface area contributed by atoms with E-state index in [1.807, 2.05) is 0 Å². The molecule has 0 aromatic rings. The number of ether oxygens (including phenoxy) is 3. The molecule has 1 aliphatic rings. The molecule has 1 saturated heterocycles. The van der Waals surface area contributed by atoms with Crippen LogP contribution in [0.4, 0.5) is 0 Å². The molecule has 1 rings (SSSR count). The van der Waals surface area contributed by atoms with Gasteiger partial charge in [0.05, 0.1) is 37.3 Å². The zero-order valence-corrected chi connectivity index (χ0v) is 33.6. The van der Waals surface area contributed by atoms with Crippen molar-refractivity contribution in [3.8, 4) is 0 Å². The maximum absolute atomic E-state index is 12.7. The molecule has 0 spiro atoms. The zero-order chi connectivity index (χ0) is 36.5. The summed E-state index contributed by atoms with van der Waals surface area (Å²) in [6, 6.07) is 0. The number of aliphatic hydroxyl groups is 1. The summed E-state index contributed by atoms with van der Waals surface area (Å²) >= 11 is 0. The highest BCUT2D eigenvalue weighted by molar-refractivity contribution is 5.72. The van der Waals surface area contributed by atoms with Crippen molar-refractivity contribution in [3.63, 3.8) is 0 Å². The van der Waals surface area contributed by atoms with E-state index in [-0.39, 0.29) is 24.0 Å². The van der Waals surface area contributed by atoms with Gasteiger partial charge in [0.25, 0.3) is 0 Å². The van der Waals surface area contributed by atoms with Gasteiger partial charge < -0.3 is 24.2 Å². The lowest BCUT2D eigenvalue weighted by molar-refractivity contribution is -0.150. The maximum atomic E-state index is 12.7. The molecule has 0 aliphatic carbocycles. The van der Waals surface area contributed by atoms with Crippen LogP contribution >= 0.6 is 0 Å². The lowest BCUT2D eigenvalue weighted by atomic mass is 9.85. The molecule has 296 valence electrons. The van der Waals surface area contributed by atoms with Gasteiger partial charge in [0, 0.05) is 6.61 Å². The van der Waals surface area contributed by atoms with Gasteiger partial charge in [0.15, 0.2) is 0 Å². The standard InChI is InChI=1S/C43H83NO6/c1-5-8-11-14-15-20-27-40(48-35-24-18-13-10-7-3)38-41(45)49-36-25-19-17-22-31-43(47,30-21-16-12-9-6-2)32-23-26-37-50-42(46)39-28-33-44(4)34-29-39/h39-40,47H,5-38H2,1-4H3. The number of hydrogen-bond donors (Lipinski definition) is 1. The molecular weight excluding hydrogens is 626 g/mol. The van der Waals surface area contributed by atoms with Crippen LogP contribution in [0.3, 0.4) is 0 Å². The normalized spacial score (nSPS) is 15.9. The first-order chi connectivity index (χ1) is 24.3. The van der Waals surface area contributed by atoms with E-state index in [0.717, 1.165) is 116 Å². The monoisotopic (exact) mass is 710 g/mol. The van der Waals surface area contributed by atoms with Crippen molar-refractivity contribution >= 4 is 11.9 Å². The number of rotatable bonds is 35. The Balaban J connectivity index is 2.34. The quantitative estimate of drug-likeness (QED) is 0.0518. The Morgan fingerprint density at radius 1 is 0.620 bits per heavy atom. The molecule has 0 aromatic heterocycles. The average molecular weight is 710 g/mol. The number of nitrogens with zero attached hydrogens (tertiary/aromatic N) is 1. The number of hydrogen-bond acceptors (Lipinski definition) is 7. The van der Waals surface area contributed by atoms with Gasteiger partial charge in [0.2, 0.25) is 0 Å². The number of likely N-dealkylation sites (tertiary alicyclic amines) is 1. The Morgan fingerprint density at radius 2 is 1.06 bits per heavy atom. The molecule has 7 heteroatoms. The van der Waals surface area contributed by atoms with Gasteiger partial charge in [-0.3, -0.25) is 9.59 Å². The Labute approximate surface area is 309 Å². The van der Waals surface area contributed by atoms with E-state index < -0.39 is 5.60 Å². The molecule has 2 atom stereocenters. The lowest BCUT2D eigenvalue weighted by Gasteiger charge is -2.29. The van der Waals surface area contributed by atoms with E-state index >= 15 is 0 Å². The average Bonchev–Trinajstić information content (AvgIpc) is 3.10. The van der Waals surface area contributed by atoms with E-state index in [4.69, 9.17) is 14.2 Å². The van der Waals surface area contributed by atoms with Crippen molar-refractivity contribution in [1.29, 1.82) is 0 Å². The van der Waals surface area contributed by atoms with Crippen LogP contribution < -0.4 is 0 Å². The van der Waals surface area contributed by atoms with Gasteiger partial charge in [-0.1, -0.05) is 136 Å². The second-order valence-corrected chi connectivity index (χ2v) is 15.6. The van der Waals surface area contributed by atoms with Crippen molar-refractivity contribution < 1.29 is 28.9 Å². The fourth-order valence-corrected chi connectivity index (χ4v) is 7.22. The first-order valence-corrected chi connectivity index (χ1v) is 21.7. The third kappa shape index (κ3) is 26.6. The van der Waals surface area contributed by atoms with Crippen LogP contribution in [-0.2, 0) is 23.8 Å². The van der Waals surface area contributed by atoms with Crippen LogP contribution in [0.15, 0.2) is 0 Å². The van der Waals surface area contributed by atoms with Crippen molar-refractivity contribution in [2.24, 2.45) is 5.92 Å². The van der Waals surface area contributed by atoms with Crippen LogP contribution in [0.2, 0.25) is 0 Å². The van der Waals surface area contributed by atoms with Crippen LogP contribution in [0.25, 0.3) is 0 Å². The van der Waals surface area contributed by atoms with E-state index in [0.29, 0.717) is 19.6 Å². The summed E-state index contributed by atoms with van der Waals surface area (Å²) in [6.07, 6.45) is 30.6. The van der Waals surface area contributed by atoms with E-state index in [9.17, 15) is 14.7 Å². The van der Waals surface area contributed by atoms with Crippen LogP contribution in [-0.4, -0.2) is 73.6 Å². The smallest absolute Gasteiger partial charge is 0.309 e. The fourth-order valence-electron chi connectivity index (χ4n) is 7.22. The molecule has 0 amide bonds.